The molecule has 0 bridgehead atoms. The molecular formula is C33H42F3N9OS. The van der Waals surface area contributed by atoms with Crippen LogP contribution in [0.1, 0.15) is 41.5 Å². The Labute approximate surface area is 276 Å². The molecule has 6 rings (SSSR count). The number of aliphatic hydroxyl groups excluding tert-OH is 1. The average Bonchev–Trinajstić information content (AvgIpc) is 3.60. The first-order valence-corrected chi connectivity index (χ1v) is 17.0. The maximum Gasteiger partial charge on any atom is 0.393 e. The van der Waals surface area contributed by atoms with Crippen LogP contribution in [0.15, 0.2) is 30.6 Å². The van der Waals surface area contributed by atoms with E-state index in [1.807, 2.05) is 6.07 Å². The Bertz CT molecular complexity index is 1730. The number of nitrogens with zero attached hydrogens (tertiary/aromatic N) is 7. The normalized spacial score (nSPS) is 18.9. The van der Waals surface area contributed by atoms with Gasteiger partial charge >= 0.3 is 6.18 Å². The van der Waals surface area contributed by atoms with E-state index in [-0.39, 0.29) is 17.0 Å². The Morgan fingerprint density at radius 3 is 2.49 bits per heavy atom. The van der Waals surface area contributed by atoms with E-state index >= 15 is 0 Å². The molecule has 3 aromatic heterocycles. The number of thiophene rings is 1. The zero-order chi connectivity index (χ0) is 33.3. The van der Waals surface area contributed by atoms with Gasteiger partial charge in [-0.05, 0) is 56.0 Å². The molecule has 2 saturated heterocycles. The van der Waals surface area contributed by atoms with E-state index in [2.05, 4.69) is 66.6 Å². The molecule has 1 aromatic carbocycles. The second-order valence-electron chi connectivity index (χ2n) is 12.9. The van der Waals surface area contributed by atoms with Crippen LogP contribution in [0.25, 0.3) is 21.1 Å². The lowest BCUT2D eigenvalue weighted by Gasteiger charge is -2.38. The molecule has 0 spiro atoms. The van der Waals surface area contributed by atoms with E-state index in [4.69, 9.17) is 5.73 Å². The Morgan fingerprint density at radius 1 is 1.06 bits per heavy atom. The van der Waals surface area contributed by atoms with Crippen molar-refractivity contribution in [3.05, 3.63) is 52.3 Å². The van der Waals surface area contributed by atoms with Crippen LogP contribution in [0.4, 0.5) is 19.0 Å². The number of piperazine rings is 1. The molecular weight excluding hydrogens is 627 g/mol. The van der Waals surface area contributed by atoms with Crippen molar-refractivity contribution in [2.24, 2.45) is 5.73 Å². The number of alkyl halides is 3. The summed E-state index contributed by atoms with van der Waals surface area (Å²) >= 11 is 1.07. The number of halogens is 3. The number of hydrogen-bond donors (Lipinski definition) is 3. The number of nitriles is 1. The molecule has 14 heteroatoms. The molecule has 2 aliphatic heterocycles. The van der Waals surface area contributed by atoms with Crippen molar-refractivity contribution in [2.45, 2.75) is 70.7 Å². The summed E-state index contributed by atoms with van der Waals surface area (Å²) in [6.45, 7) is 11.6. The number of aliphatic hydroxyl groups is 1. The summed E-state index contributed by atoms with van der Waals surface area (Å²) in [5.41, 5.74) is 9.73. The van der Waals surface area contributed by atoms with Gasteiger partial charge in [0.1, 0.15) is 35.0 Å². The number of piperidine rings is 1. The average molecular weight is 670 g/mol. The molecule has 47 heavy (non-hydrogen) atoms. The molecule has 1 unspecified atom stereocenters. The molecule has 4 aromatic rings. The molecule has 0 amide bonds. The van der Waals surface area contributed by atoms with Crippen LogP contribution in [0, 0.1) is 18.3 Å². The number of aromatic nitrogens is 3. The predicted octanol–water partition coefficient (Wildman–Crippen LogP) is 4.29. The number of β-amino-alcohol motifs (C(OH)–C–C–N with tert-alkyl or cyclic N) is 1. The third-order valence-corrected chi connectivity index (χ3v) is 10.6. The summed E-state index contributed by atoms with van der Waals surface area (Å²) in [7, 11) is 0. The van der Waals surface area contributed by atoms with Crippen molar-refractivity contribution in [2.75, 3.05) is 51.1 Å². The quantitative estimate of drug-likeness (QED) is 0.212. The highest BCUT2D eigenvalue weighted by molar-refractivity contribution is 7.18. The summed E-state index contributed by atoms with van der Waals surface area (Å²) in [5, 5.41) is 24.8. The molecule has 4 N–H and O–H groups in total. The lowest BCUT2D eigenvalue weighted by atomic mass is 10.0. The highest BCUT2D eigenvalue weighted by Gasteiger charge is 2.30. The highest BCUT2D eigenvalue weighted by atomic mass is 32.1. The van der Waals surface area contributed by atoms with Crippen molar-refractivity contribution < 1.29 is 18.3 Å². The minimum Gasteiger partial charge on any atom is -0.377 e. The molecule has 2 atom stereocenters. The van der Waals surface area contributed by atoms with Crippen molar-refractivity contribution in [1.82, 2.24) is 29.2 Å². The number of rotatable bonds is 10. The smallest absolute Gasteiger partial charge is 0.377 e. The monoisotopic (exact) mass is 669 g/mol. The third kappa shape index (κ3) is 7.88. The number of nitrogens with two attached hydrogens (primary N) is 1. The van der Waals surface area contributed by atoms with Crippen LogP contribution >= 0.6 is 11.3 Å². The summed E-state index contributed by atoms with van der Waals surface area (Å²) < 4.78 is 41.0. The predicted molar refractivity (Wildman–Crippen MR) is 178 cm³/mol. The number of aryl methyl sites for hydroxylation is 1. The van der Waals surface area contributed by atoms with Gasteiger partial charge in [0.05, 0.1) is 11.8 Å². The van der Waals surface area contributed by atoms with Crippen molar-refractivity contribution in [3.8, 4) is 6.07 Å². The lowest BCUT2D eigenvalue weighted by molar-refractivity contribution is -0.126. The fourth-order valence-corrected chi connectivity index (χ4v) is 8.01. The van der Waals surface area contributed by atoms with Crippen LogP contribution in [0.5, 0.6) is 0 Å². The van der Waals surface area contributed by atoms with Crippen molar-refractivity contribution in [1.29, 1.82) is 5.26 Å². The van der Waals surface area contributed by atoms with E-state index in [1.54, 1.807) is 6.07 Å². The van der Waals surface area contributed by atoms with Crippen molar-refractivity contribution >= 4 is 38.3 Å². The van der Waals surface area contributed by atoms with E-state index in [1.165, 1.54) is 17.5 Å². The fraction of sp³-hybridized carbons (Fsp3) is 0.545. The first kappa shape index (κ1) is 33.6. The maximum atomic E-state index is 12.9. The van der Waals surface area contributed by atoms with Crippen LogP contribution in [-0.2, 0) is 19.5 Å². The van der Waals surface area contributed by atoms with Gasteiger partial charge in [-0.15, -0.1) is 11.3 Å². The summed E-state index contributed by atoms with van der Waals surface area (Å²) in [6, 6.07) is 10.8. The van der Waals surface area contributed by atoms with Gasteiger partial charge in [0.25, 0.3) is 0 Å². The van der Waals surface area contributed by atoms with Gasteiger partial charge in [-0.3, -0.25) is 14.7 Å². The van der Waals surface area contributed by atoms with Gasteiger partial charge in [0.15, 0.2) is 0 Å². The van der Waals surface area contributed by atoms with Gasteiger partial charge in [-0.25, -0.2) is 9.97 Å². The van der Waals surface area contributed by atoms with Crippen LogP contribution < -0.4 is 11.1 Å². The number of hydrogen-bond acceptors (Lipinski definition) is 10. The molecule has 0 saturated carbocycles. The summed E-state index contributed by atoms with van der Waals surface area (Å²) in [4.78, 5) is 16.4. The van der Waals surface area contributed by atoms with E-state index in [9.17, 15) is 23.5 Å². The lowest BCUT2D eigenvalue weighted by Crippen LogP contribution is -2.52. The van der Waals surface area contributed by atoms with Gasteiger partial charge in [0, 0.05) is 86.8 Å². The number of fused-ring (bicyclic) bond motifs is 2. The molecule has 2 fully saturated rings. The maximum absolute atomic E-state index is 12.9. The number of benzene rings is 1. The Balaban J connectivity index is 1.07. The molecule has 0 radical (unpaired) electrons. The summed E-state index contributed by atoms with van der Waals surface area (Å²) in [5.74, 6) is 0.597. The van der Waals surface area contributed by atoms with Gasteiger partial charge in [-0.2, -0.15) is 18.4 Å². The first-order chi connectivity index (χ1) is 22.5. The second-order valence-corrected chi connectivity index (χ2v) is 14.0. The Morgan fingerprint density at radius 2 is 1.81 bits per heavy atom. The Kier molecular flexibility index (Phi) is 10.0. The number of likely N-dealkylation sites (tertiary alicyclic amines) is 1. The Hall–Kier alpha value is -3.32. The van der Waals surface area contributed by atoms with Gasteiger partial charge in [0.2, 0.25) is 0 Å². The van der Waals surface area contributed by atoms with Crippen LogP contribution in [0.3, 0.4) is 0 Å². The van der Waals surface area contributed by atoms with Crippen molar-refractivity contribution in [3.63, 3.8) is 0 Å². The first-order valence-electron chi connectivity index (χ1n) is 16.2. The summed E-state index contributed by atoms with van der Waals surface area (Å²) in [6.07, 6.45) is -2.84. The number of nitrogens with one attached hydrogen (secondary N) is 1. The minimum absolute atomic E-state index is 0.170. The standard InChI is InChI=1S/C33H42F3N9OS/c1-21(44-11-9-43(10-12-44)19-30(38)46)17-45-25(16-37)13-27-22(2)23(3-4-29(27)45)18-42-7-5-24(6-8-42)41-31-28-14-26(15-33(34,35)36)47-32(28)40-20-39-31/h3-4,13-14,20-21,24,30,46H,5-12,15,17-19,38H2,1-2H3,(H,39,40,41)/t21-,30?/m0/s1. The third-order valence-electron chi connectivity index (χ3n) is 9.58. The SMILES string of the molecule is Cc1c(CN2CCC(Nc3ncnc4sc(CC(F)(F)F)cc34)CC2)ccc2c1cc(C#N)n2C[C@H](C)N1CCN(CC(N)O)CC1. The molecule has 0 aliphatic carbocycles. The zero-order valence-electron chi connectivity index (χ0n) is 26.8. The zero-order valence-corrected chi connectivity index (χ0v) is 27.6. The molecule has 5 heterocycles. The number of anilines is 1. The molecule has 252 valence electrons. The molecule has 10 nitrogen and oxygen atoms in total. The second kappa shape index (κ2) is 14.0. The minimum atomic E-state index is -4.26. The van der Waals surface area contributed by atoms with Crippen LogP contribution in [-0.4, -0.2) is 105 Å². The topological polar surface area (TPSA) is 122 Å². The van der Waals surface area contributed by atoms with Crippen LogP contribution in [0.2, 0.25) is 0 Å². The van der Waals surface area contributed by atoms with E-state index in [0.717, 1.165) is 87.4 Å². The van der Waals surface area contributed by atoms with Gasteiger partial charge < -0.3 is 20.7 Å². The fourth-order valence-electron chi connectivity index (χ4n) is 6.99. The highest BCUT2D eigenvalue weighted by Crippen LogP contribution is 2.33. The van der Waals surface area contributed by atoms with E-state index < -0.39 is 18.8 Å². The molecule has 2 aliphatic rings. The largest absolute Gasteiger partial charge is 0.393 e. The van der Waals surface area contributed by atoms with E-state index in [0.29, 0.717) is 28.3 Å². The van der Waals surface area contributed by atoms with Gasteiger partial charge in [-0.1, -0.05) is 6.07 Å².